The molecule has 3 rings (SSSR count). The fourth-order valence-electron chi connectivity index (χ4n) is 2.63. The predicted molar refractivity (Wildman–Crippen MR) is 104 cm³/mol. The highest BCUT2D eigenvalue weighted by Gasteiger charge is 2.23. The smallest absolute Gasteiger partial charge is 0.390 e. The van der Waals surface area contributed by atoms with Crippen LogP contribution in [0.25, 0.3) is 0 Å². The van der Waals surface area contributed by atoms with E-state index in [1.165, 1.54) is 16.8 Å². The molecule has 0 fully saturated rings. The quantitative estimate of drug-likeness (QED) is 0.332. The zero-order valence-corrected chi connectivity index (χ0v) is 15.3. The van der Waals surface area contributed by atoms with Crippen molar-refractivity contribution in [1.29, 1.82) is 0 Å². The number of benzene rings is 2. The van der Waals surface area contributed by atoms with Crippen LogP contribution < -0.4 is 5.43 Å². The van der Waals surface area contributed by atoms with Crippen LogP contribution >= 0.6 is 0 Å². The molecule has 2 aromatic carbocycles. The molecule has 1 heterocycles. The first kappa shape index (κ1) is 19.5. The van der Waals surface area contributed by atoms with E-state index in [0.717, 1.165) is 17.7 Å². The summed E-state index contributed by atoms with van der Waals surface area (Å²) in [7, 11) is 0. The van der Waals surface area contributed by atoms with Crippen LogP contribution in [0.3, 0.4) is 0 Å². The number of amides is 1. The number of carbonyl (C=O) groups excluding carboxylic acids is 1. The van der Waals surface area contributed by atoms with Gasteiger partial charge in [-0.05, 0) is 29.5 Å². The van der Waals surface area contributed by atoms with E-state index in [1.807, 2.05) is 30.3 Å². The van der Waals surface area contributed by atoms with Gasteiger partial charge in [0.1, 0.15) is 11.5 Å². The molecule has 0 saturated heterocycles. The molecule has 0 unspecified atom stereocenters. The van der Waals surface area contributed by atoms with Crippen molar-refractivity contribution in [3.8, 4) is 11.5 Å². The van der Waals surface area contributed by atoms with Gasteiger partial charge in [-0.3, -0.25) is 4.79 Å². The molecule has 1 aromatic heterocycles. The number of nitrogens with zero attached hydrogens (tertiary/aromatic N) is 4. The second-order valence-corrected chi connectivity index (χ2v) is 6.13. The average molecular weight is 395 g/mol. The molecular formula is C19H17N5O5. The SMILES string of the molecule is CC(=NNC(=O)c1cc([N+](=O)[O-])nn1Cc1ccccc1)c1ccc(O)cc1O. The number of phenolic OH excluding ortho intramolecular Hbond substituents is 2. The van der Waals surface area contributed by atoms with E-state index in [9.17, 15) is 25.1 Å². The lowest BCUT2D eigenvalue weighted by atomic mass is 10.1. The van der Waals surface area contributed by atoms with E-state index in [0.29, 0.717) is 5.56 Å². The van der Waals surface area contributed by atoms with Gasteiger partial charge in [0.2, 0.25) is 0 Å². The van der Waals surface area contributed by atoms with Crippen LogP contribution in [0.4, 0.5) is 5.82 Å². The normalized spacial score (nSPS) is 11.3. The van der Waals surface area contributed by atoms with E-state index < -0.39 is 16.6 Å². The molecule has 1 amide bonds. The Morgan fingerprint density at radius 3 is 2.59 bits per heavy atom. The lowest BCUT2D eigenvalue weighted by Gasteiger charge is -2.06. The van der Waals surface area contributed by atoms with Gasteiger partial charge in [0.05, 0.1) is 23.4 Å². The van der Waals surface area contributed by atoms with Crippen molar-refractivity contribution in [3.05, 3.63) is 81.5 Å². The first-order chi connectivity index (χ1) is 13.8. The lowest BCUT2D eigenvalue weighted by Crippen LogP contribution is -2.23. The molecule has 0 aliphatic carbocycles. The van der Waals surface area contributed by atoms with Gasteiger partial charge < -0.3 is 20.3 Å². The third kappa shape index (κ3) is 4.56. The minimum Gasteiger partial charge on any atom is -0.508 e. The Hall–Kier alpha value is -4.21. The number of hydrogen-bond acceptors (Lipinski definition) is 7. The average Bonchev–Trinajstić information content (AvgIpc) is 3.11. The second kappa shape index (κ2) is 8.21. The van der Waals surface area contributed by atoms with Crippen LogP contribution in [0.2, 0.25) is 0 Å². The summed E-state index contributed by atoms with van der Waals surface area (Å²) in [6, 6.07) is 14.1. The maximum absolute atomic E-state index is 12.6. The highest BCUT2D eigenvalue weighted by Crippen LogP contribution is 2.23. The Kier molecular flexibility index (Phi) is 5.54. The molecule has 0 atom stereocenters. The third-order valence-electron chi connectivity index (χ3n) is 4.06. The molecule has 10 heteroatoms. The summed E-state index contributed by atoms with van der Waals surface area (Å²) in [5.74, 6) is -1.47. The Balaban J connectivity index is 1.85. The predicted octanol–water partition coefficient (Wildman–Crippen LogP) is 2.40. The van der Waals surface area contributed by atoms with Crippen molar-refractivity contribution in [2.75, 3.05) is 0 Å². The molecule has 0 saturated carbocycles. The number of phenols is 2. The standard InChI is InChI=1S/C19H17N5O5/c1-12(15-8-7-14(25)9-17(15)26)20-21-19(27)16-10-18(24(28)29)22-23(16)11-13-5-3-2-4-6-13/h2-10,25-26H,11H2,1H3,(H,21,27). The summed E-state index contributed by atoms with van der Waals surface area (Å²) >= 11 is 0. The highest BCUT2D eigenvalue weighted by molar-refractivity contribution is 6.02. The minimum absolute atomic E-state index is 0.0352. The molecular weight excluding hydrogens is 378 g/mol. The first-order valence-corrected chi connectivity index (χ1v) is 8.48. The van der Waals surface area contributed by atoms with Gasteiger partial charge in [-0.15, -0.1) is 0 Å². The van der Waals surface area contributed by atoms with Crippen LogP contribution in [-0.4, -0.2) is 36.5 Å². The molecule has 148 valence electrons. The van der Waals surface area contributed by atoms with E-state index in [1.54, 1.807) is 6.92 Å². The fraction of sp³-hybridized carbons (Fsp3) is 0.105. The van der Waals surface area contributed by atoms with Crippen molar-refractivity contribution in [2.24, 2.45) is 5.10 Å². The zero-order valence-electron chi connectivity index (χ0n) is 15.3. The van der Waals surface area contributed by atoms with Crippen LogP contribution in [0, 0.1) is 10.1 Å². The molecule has 3 N–H and O–H groups in total. The molecule has 0 bridgehead atoms. The number of nitrogens with one attached hydrogen (secondary N) is 1. The van der Waals surface area contributed by atoms with E-state index >= 15 is 0 Å². The molecule has 10 nitrogen and oxygen atoms in total. The van der Waals surface area contributed by atoms with Gasteiger partial charge in [0.25, 0.3) is 5.91 Å². The topological polar surface area (TPSA) is 143 Å². The van der Waals surface area contributed by atoms with E-state index in [-0.39, 0.29) is 29.4 Å². The van der Waals surface area contributed by atoms with Crippen molar-refractivity contribution >= 4 is 17.4 Å². The number of carbonyl (C=O) groups is 1. The summed E-state index contributed by atoms with van der Waals surface area (Å²) in [4.78, 5) is 23.0. The number of rotatable bonds is 6. The first-order valence-electron chi connectivity index (χ1n) is 8.48. The molecule has 0 spiro atoms. The molecule has 0 radical (unpaired) electrons. The number of aromatic nitrogens is 2. The summed E-state index contributed by atoms with van der Waals surface area (Å²) in [5.41, 5.74) is 3.68. The van der Waals surface area contributed by atoms with Crippen molar-refractivity contribution in [2.45, 2.75) is 13.5 Å². The number of aromatic hydroxyl groups is 2. The molecule has 29 heavy (non-hydrogen) atoms. The number of nitro groups is 1. The maximum atomic E-state index is 12.6. The maximum Gasteiger partial charge on any atom is 0.390 e. The van der Waals surface area contributed by atoms with Crippen LogP contribution in [0.1, 0.15) is 28.5 Å². The zero-order chi connectivity index (χ0) is 21.0. The Morgan fingerprint density at radius 2 is 1.93 bits per heavy atom. The lowest BCUT2D eigenvalue weighted by molar-refractivity contribution is -0.389. The van der Waals surface area contributed by atoms with Crippen LogP contribution in [-0.2, 0) is 6.54 Å². The number of hydrogen-bond donors (Lipinski definition) is 3. The molecule has 0 aliphatic rings. The Morgan fingerprint density at radius 1 is 1.21 bits per heavy atom. The van der Waals surface area contributed by atoms with Crippen LogP contribution in [0.15, 0.2) is 59.7 Å². The summed E-state index contributed by atoms with van der Waals surface area (Å²) < 4.78 is 1.23. The number of hydrazone groups is 1. The van der Waals surface area contributed by atoms with Crippen LogP contribution in [0.5, 0.6) is 11.5 Å². The second-order valence-electron chi connectivity index (χ2n) is 6.13. The highest BCUT2D eigenvalue weighted by atomic mass is 16.6. The third-order valence-corrected chi connectivity index (χ3v) is 4.06. The van der Waals surface area contributed by atoms with Crippen molar-refractivity contribution < 1.29 is 19.9 Å². The van der Waals surface area contributed by atoms with Gasteiger partial charge in [-0.25, -0.2) is 5.43 Å². The fourth-order valence-corrected chi connectivity index (χ4v) is 2.63. The van der Waals surface area contributed by atoms with Gasteiger partial charge in [-0.1, -0.05) is 30.3 Å². The van der Waals surface area contributed by atoms with Gasteiger partial charge >= 0.3 is 5.82 Å². The van der Waals surface area contributed by atoms with Crippen molar-refractivity contribution in [1.82, 2.24) is 15.2 Å². The Bertz CT molecular complexity index is 1090. The summed E-state index contributed by atoms with van der Waals surface area (Å²) in [5, 5.41) is 38.1. The van der Waals surface area contributed by atoms with Crippen molar-refractivity contribution in [3.63, 3.8) is 0 Å². The van der Waals surface area contributed by atoms with Gasteiger partial charge in [0.15, 0.2) is 5.69 Å². The Labute approximate surface area is 164 Å². The minimum atomic E-state index is -0.695. The largest absolute Gasteiger partial charge is 0.508 e. The summed E-state index contributed by atoms with van der Waals surface area (Å²) in [6.07, 6.45) is 0. The monoisotopic (exact) mass is 395 g/mol. The molecule has 3 aromatic rings. The molecule has 0 aliphatic heterocycles. The van der Waals surface area contributed by atoms with E-state index in [2.05, 4.69) is 15.6 Å². The summed E-state index contributed by atoms with van der Waals surface area (Å²) in [6.45, 7) is 1.72. The van der Waals surface area contributed by atoms with E-state index in [4.69, 9.17) is 0 Å². The van der Waals surface area contributed by atoms with Gasteiger partial charge in [0, 0.05) is 11.6 Å². The van der Waals surface area contributed by atoms with Gasteiger partial charge in [-0.2, -0.15) is 9.78 Å².